The molecule has 29 heavy (non-hydrogen) atoms. The first kappa shape index (κ1) is 21.5. The number of nitrogens with two attached hydrogens (primary N) is 1. The Hall–Kier alpha value is -2.18. The normalized spacial score (nSPS) is 19.3. The van der Waals surface area contributed by atoms with Crippen molar-refractivity contribution in [3.63, 3.8) is 0 Å². The smallest absolute Gasteiger partial charge is 0.141 e. The van der Waals surface area contributed by atoms with Gasteiger partial charge in [0.15, 0.2) is 0 Å². The molecule has 0 spiro atoms. The first-order valence-electron chi connectivity index (χ1n) is 10.0. The van der Waals surface area contributed by atoms with Crippen molar-refractivity contribution in [3.05, 3.63) is 44.9 Å². The summed E-state index contributed by atoms with van der Waals surface area (Å²) in [4.78, 5) is 2.08. The SMILES string of the molecule is Cc1c(CC2CCC(N)CC2)sc(C#CC(C)(C)O)c1-c1ccc(C#N)c(F)c1. The molecule has 1 aromatic heterocycles. The fourth-order valence-electron chi connectivity index (χ4n) is 3.82. The number of nitriles is 1. The minimum absolute atomic E-state index is 0.0320. The lowest BCUT2D eigenvalue weighted by Crippen LogP contribution is -2.27. The highest BCUT2D eigenvalue weighted by Crippen LogP contribution is 2.39. The molecule has 0 unspecified atom stereocenters. The number of hydrogen-bond acceptors (Lipinski definition) is 4. The Bertz CT molecular complexity index is 993. The van der Waals surface area contributed by atoms with E-state index < -0.39 is 11.4 Å². The van der Waals surface area contributed by atoms with E-state index in [1.165, 1.54) is 17.0 Å². The van der Waals surface area contributed by atoms with Crippen molar-refractivity contribution in [2.75, 3.05) is 0 Å². The van der Waals surface area contributed by atoms with Crippen LogP contribution in [0.3, 0.4) is 0 Å². The second kappa shape index (κ2) is 8.67. The number of thiophene rings is 1. The van der Waals surface area contributed by atoms with Crippen LogP contribution in [-0.2, 0) is 6.42 Å². The average Bonchev–Trinajstić information content (AvgIpc) is 2.97. The molecule has 1 aromatic carbocycles. The van der Waals surface area contributed by atoms with Crippen LogP contribution in [0.15, 0.2) is 18.2 Å². The van der Waals surface area contributed by atoms with Crippen LogP contribution in [0, 0.1) is 41.8 Å². The summed E-state index contributed by atoms with van der Waals surface area (Å²) < 4.78 is 14.3. The Labute approximate surface area is 176 Å². The van der Waals surface area contributed by atoms with E-state index in [9.17, 15) is 9.50 Å². The van der Waals surface area contributed by atoms with Crippen LogP contribution < -0.4 is 5.73 Å². The third kappa shape index (κ3) is 5.25. The summed E-state index contributed by atoms with van der Waals surface area (Å²) in [5.74, 6) is 6.08. The quantitative estimate of drug-likeness (QED) is 0.706. The van der Waals surface area contributed by atoms with Crippen molar-refractivity contribution < 1.29 is 9.50 Å². The number of hydrogen-bond donors (Lipinski definition) is 2. The van der Waals surface area contributed by atoms with Gasteiger partial charge in [-0.1, -0.05) is 17.9 Å². The lowest BCUT2D eigenvalue weighted by atomic mass is 9.83. The molecule has 1 heterocycles. The number of rotatable bonds is 3. The molecule has 0 radical (unpaired) electrons. The summed E-state index contributed by atoms with van der Waals surface area (Å²) in [6, 6.07) is 6.88. The third-order valence-corrected chi connectivity index (χ3v) is 6.70. The molecular weight excluding hydrogens is 383 g/mol. The molecule has 1 fully saturated rings. The molecule has 3 N–H and O–H groups in total. The van der Waals surface area contributed by atoms with Gasteiger partial charge in [-0.25, -0.2) is 4.39 Å². The monoisotopic (exact) mass is 410 g/mol. The molecule has 0 atom stereocenters. The number of aliphatic hydroxyl groups is 1. The zero-order valence-electron chi connectivity index (χ0n) is 17.2. The van der Waals surface area contributed by atoms with Gasteiger partial charge in [-0.3, -0.25) is 0 Å². The molecule has 0 saturated heterocycles. The minimum Gasteiger partial charge on any atom is -0.378 e. The number of benzene rings is 1. The van der Waals surface area contributed by atoms with Crippen molar-refractivity contribution in [2.24, 2.45) is 11.7 Å². The number of halogens is 1. The maximum atomic E-state index is 14.3. The largest absolute Gasteiger partial charge is 0.378 e. The molecule has 0 aliphatic heterocycles. The minimum atomic E-state index is -1.11. The maximum Gasteiger partial charge on any atom is 0.141 e. The molecule has 0 amide bonds. The summed E-state index contributed by atoms with van der Waals surface area (Å²) >= 11 is 1.63. The zero-order valence-corrected chi connectivity index (χ0v) is 18.0. The molecule has 1 aliphatic carbocycles. The first-order valence-corrected chi connectivity index (χ1v) is 10.8. The molecule has 2 aromatic rings. The van der Waals surface area contributed by atoms with Gasteiger partial charge < -0.3 is 10.8 Å². The maximum absolute atomic E-state index is 14.3. The van der Waals surface area contributed by atoms with Crippen LogP contribution in [0.2, 0.25) is 0 Å². The van der Waals surface area contributed by atoms with Crippen molar-refractivity contribution >= 4 is 11.3 Å². The lowest BCUT2D eigenvalue weighted by Gasteiger charge is -2.25. The Kier molecular flexibility index (Phi) is 6.44. The van der Waals surface area contributed by atoms with Crippen LogP contribution in [0.4, 0.5) is 4.39 Å². The third-order valence-electron chi connectivity index (χ3n) is 5.47. The highest BCUT2D eigenvalue weighted by Gasteiger charge is 2.23. The van der Waals surface area contributed by atoms with Crippen LogP contribution in [-0.4, -0.2) is 16.7 Å². The van der Waals surface area contributed by atoms with Gasteiger partial charge in [-0.05, 0) is 82.1 Å². The summed E-state index contributed by atoms with van der Waals surface area (Å²) in [5.41, 5.74) is 7.69. The van der Waals surface area contributed by atoms with E-state index in [-0.39, 0.29) is 5.56 Å². The van der Waals surface area contributed by atoms with Crippen LogP contribution >= 0.6 is 11.3 Å². The highest BCUT2D eigenvalue weighted by atomic mass is 32.1. The zero-order chi connectivity index (χ0) is 21.2. The topological polar surface area (TPSA) is 70.0 Å². The summed E-state index contributed by atoms with van der Waals surface area (Å²) in [6.45, 7) is 5.35. The Balaban J connectivity index is 2.02. The number of nitrogens with zero attached hydrogens (tertiary/aromatic N) is 1. The van der Waals surface area contributed by atoms with E-state index in [2.05, 4.69) is 18.8 Å². The van der Waals surface area contributed by atoms with E-state index >= 15 is 0 Å². The lowest BCUT2D eigenvalue weighted by molar-refractivity contribution is 0.143. The average molecular weight is 411 g/mol. The predicted octanol–water partition coefficient (Wildman–Crippen LogP) is 4.92. The van der Waals surface area contributed by atoms with Gasteiger partial charge in [0.2, 0.25) is 0 Å². The molecule has 1 aliphatic rings. The molecule has 0 bridgehead atoms. The first-order chi connectivity index (χ1) is 13.7. The van der Waals surface area contributed by atoms with Crippen molar-refractivity contribution in [2.45, 2.75) is 64.5 Å². The second-order valence-corrected chi connectivity index (χ2v) is 9.56. The summed E-state index contributed by atoms with van der Waals surface area (Å²) in [5, 5.41) is 19.1. The molecule has 3 nitrogen and oxygen atoms in total. The van der Waals surface area contributed by atoms with Gasteiger partial charge in [-0.2, -0.15) is 5.26 Å². The van der Waals surface area contributed by atoms with E-state index in [1.807, 2.05) is 6.07 Å². The Morgan fingerprint density at radius 3 is 2.55 bits per heavy atom. The standard InChI is InChI=1S/C24H27FN2OS/c1-15-22(12-16-4-8-19(27)9-5-16)29-21(10-11-24(2,3)28)23(15)17-6-7-18(14-26)20(25)13-17/h6-7,13,16,19,28H,4-5,8-9,12,27H2,1-3H3. The van der Waals surface area contributed by atoms with Crippen LogP contribution in [0.25, 0.3) is 11.1 Å². The van der Waals surface area contributed by atoms with E-state index in [1.54, 1.807) is 31.3 Å². The van der Waals surface area contributed by atoms with E-state index in [4.69, 9.17) is 11.0 Å². The second-order valence-electron chi connectivity index (χ2n) is 8.45. The van der Waals surface area contributed by atoms with Crippen LogP contribution in [0.5, 0.6) is 0 Å². The van der Waals surface area contributed by atoms with Gasteiger partial charge in [0, 0.05) is 16.5 Å². The van der Waals surface area contributed by atoms with Crippen LogP contribution in [0.1, 0.15) is 60.4 Å². The van der Waals surface area contributed by atoms with Gasteiger partial charge in [-0.15, -0.1) is 11.3 Å². The van der Waals surface area contributed by atoms with Gasteiger partial charge in [0.05, 0.1) is 10.4 Å². The molecule has 152 valence electrons. The van der Waals surface area contributed by atoms with Gasteiger partial charge >= 0.3 is 0 Å². The molecule has 1 saturated carbocycles. The van der Waals surface area contributed by atoms with Crippen molar-refractivity contribution in [1.82, 2.24) is 0 Å². The van der Waals surface area contributed by atoms with E-state index in [0.29, 0.717) is 17.5 Å². The Morgan fingerprint density at radius 2 is 1.97 bits per heavy atom. The summed E-state index contributed by atoms with van der Waals surface area (Å²) in [7, 11) is 0. The molecular formula is C24H27FN2OS. The summed E-state index contributed by atoms with van der Waals surface area (Å²) in [6.07, 6.45) is 5.36. The predicted molar refractivity (Wildman–Crippen MR) is 116 cm³/mol. The highest BCUT2D eigenvalue weighted by molar-refractivity contribution is 7.13. The fourth-order valence-corrected chi connectivity index (χ4v) is 5.11. The molecule has 3 rings (SSSR count). The molecule has 5 heteroatoms. The van der Waals surface area contributed by atoms with E-state index in [0.717, 1.165) is 48.1 Å². The van der Waals surface area contributed by atoms with Gasteiger partial charge in [0.1, 0.15) is 17.5 Å². The Morgan fingerprint density at radius 1 is 1.28 bits per heavy atom. The fraction of sp³-hybridized carbons (Fsp3) is 0.458. The van der Waals surface area contributed by atoms with Crippen molar-refractivity contribution in [1.29, 1.82) is 5.26 Å². The van der Waals surface area contributed by atoms with Crippen molar-refractivity contribution in [3.8, 4) is 29.0 Å². The van der Waals surface area contributed by atoms with Gasteiger partial charge in [0.25, 0.3) is 0 Å².